The molecular weight excluding hydrogens is 320 g/mol. The Morgan fingerprint density at radius 2 is 2.00 bits per heavy atom. The molecule has 8 heteroatoms. The Bertz CT molecular complexity index is 796. The molecule has 134 valence electrons. The van der Waals surface area contributed by atoms with Crippen LogP contribution in [-0.4, -0.2) is 48.4 Å². The number of amides is 1. The molecule has 0 radical (unpaired) electrons. The SMILES string of the molecule is CC(C)(C)c1cn(C2CCN(C(=O)Cn3cccnc3=O)CC2)nn1. The highest BCUT2D eigenvalue weighted by molar-refractivity contribution is 5.76. The first-order chi connectivity index (χ1) is 11.8. The highest BCUT2D eigenvalue weighted by Gasteiger charge is 2.26. The number of hydrogen-bond acceptors (Lipinski definition) is 5. The normalized spacial score (nSPS) is 16.2. The summed E-state index contributed by atoms with van der Waals surface area (Å²) in [4.78, 5) is 29.5. The zero-order valence-electron chi connectivity index (χ0n) is 14.9. The molecule has 0 aromatic carbocycles. The molecular formula is C17H24N6O2. The van der Waals surface area contributed by atoms with Crippen molar-refractivity contribution < 1.29 is 4.79 Å². The smallest absolute Gasteiger partial charge is 0.341 e. The summed E-state index contributed by atoms with van der Waals surface area (Å²) in [6.45, 7) is 7.69. The van der Waals surface area contributed by atoms with Gasteiger partial charge in [0.25, 0.3) is 0 Å². The van der Waals surface area contributed by atoms with Crippen LogP contribution in [0, 0.1) is 0 Å². The first-order valence-electron chi connectivity index (χ1n) is 8.56. The maximum Gasteiger partial charge on any atom is 0.347 e. The van der Waals surface area contributed by atoms with Crippen LogP contribution in [0.15, 0.2) is 29.5 Å². The van der Waals surface area contributed by atoms with Crippen molar-refractivity contribution in [3.05, 3.63) is 40.8 Å². The number of hydrogen-bond donors (Lipinski definition) is 0. The predicted molar refractivity (Wildman–Crippen MR) is 92.1 cm³/mol. The Hall–Kier alpha value is -2.51. The molecule has 1 amide bonds. The van der Waals surface area contributed by atoms with Crippen LogP contribution in [0.1, 0.15) is 45.3 Å². The molecule has 1 fully saturated rings. The van der Waals surface area contributed by atoms with E-state index in [1.807, 2.05) is 10.9 Å². The quantitative estimate of drug-likeness (QED) is 0.829. The van der Waals surface area contributed by atoms with Gasteiger partial charge in [0.05, 0.1) is 11.7 Å². The fourth-order valence-electron chi connectivity index (χ4n) is 2.93. The second kappa shape index (κ2) is 6.78. The third kappa shape index (κ3) is 3.94. The molecule has 25 heavy (non-hydrogen) atoms. The third-order valence-corrected chi connectivity index (χ3v) is 4.56. The van der Waals surface area contributed by atoms with Crippen molar-refractivity contribution in [3.63, 3.8) is 0 Å². The molecule has 1 aliphatic heterocycles. The van der Waals surface area contributed by atoms with Crippen molar-refractivity contribution in [2.75, 3.05) is 13.1 Å². The lowest BCUT2D eigenvalue weighted by Crippen LogP contribution is -2.42. The molecule has 2 aromatic rings. The topological polar surface area (TPSA) is 85.9 Å². The molecule has 3 rings (SSSR count). The molecule has 0 atom stereocenters. The summed E-state index contributed by atoms with van der Waals surface area (Å²) < 4.78 is 3.26. The van der Waals surface area contributed by atoms with Crippen molar-refractivity contribution in [1.29, 1.82) is 0 Å². The van der Waals surface area contributed by atoms with Gasteiger partial charge in [-0.05, 0) is 18.9 Å². The van der Waals surface area contributed by atoms with Gasteiger partial charge in [0.1, 0.15) is 6.54 Å². The van der Waals surface area contributed by atoms with Crippen LogP contribution in [-0.2, 0) is 16.8 Å². The molecule has 0 N–H and O–H groups in total. The summed E-state index contributed by atoms with van der Waals surface area (Å²) >= 11 is 0. The van der Waals surface area contributed by atoms with Gasteiger partial charge in [0.2, 0.25) is 5.91 Å². The Balaban J connectivity index is 1.58. The maximum absolute atomic E-state index is 12.4. The van der Waals surface area contributed by atoms with Gasteiger partial charge in [-0.3, -0.25) is 9.36 Å². The summed E-state index contributed by atoms with van der Waals surface area (Å²) in [6.07, 6.45) is 6.70. The van der Waals surface area contributed by atoms with Crippen LogP contribution in [0.2, 0.25) is 0 Å². The number of likely N-dealkylation sites (tertiary alicyclic amines) is 1. The Labute approximate surface area is 146 Å². The Kier molecular flexibility index (Phi) is 4.69. The van der Waals surface area contributed by atoms with E-state index in [-0.39, 0.29) is 23.9 Å². The molecule has 8 nitrogen and oxygen atoms in total. The van der Waals surface area contributed by atoms with Gasteiger partial charge in [-0.1, -0.05) is 26.0 Å². The summed E-state index contributed by atoms with van der Waals surface area (Å²) in [6, 6.07) is 1.91. The molecule has 0 saturated carbocycles. The van der Waals surface area contributed by atoms with E-state index in [9.17, 15) is 9.59 Å². The summed E-state index contributed by atoms with van der Waals surface area (Å²) in [7, 11) is 0. The van der Waals surface area contributed by atoms with Crippen LogP contribution in [0.5, 0.6) is 0 Å². The van der Waals surface area contributed by atoms with Gasteiger partial charge in [0, 0.05) is 37.1 Å². The average molecular weight is 344 g/mol. The van der Waals surface area contributed by atoms with Gasteiger partial charge < -0.3 is 4.90 Å². The summed E-state index contributed by atoms with van der Waals surface area (Å²) in [5, 5.41) is 8.53. The monoisotopic (exact) mass is 344 g/mol. The number of rotatable bonds is 3. The molecule has 0 spiro atoms. The van der Waals surface area contributed by atoms with Crippen molar-refractivity contribution in [3.8, 4) is 0 Å². The highest BCUT2D eigenvalue weighted by Crippen LogP contribution is 2.25. The molecule has 0 bridgehead atoms. The predicted octanol–water partition coefficient (Wildman–Crippen LogP) is 0.996. The zero-order chi connectivity index (χ0) is 18.0. The molecule has 1 aliphatic rings. The molecule has 0 aliphatic carbocycles. The number of carbonyl (C=O) groups excluding carboxylic acids is 1. The Morgan fingerprint density at radius 1 is 1.28 bits per heavy atom. The van der Waals surface area contributed by atoms with Crippen molar-refractivity contribution in [1.82, 2.24) is 29.4 Å². The number of nitrogens with zero attached hydrogens (tertiary/aromatic N) is 6. The maximum atomic E-state index is 12.4. The average Bonchev–Trinajstić information content (AvgIpc) is 3.07. The lowest BCUT2D eigenvalue weighted by atomic mass is 9.93. The van der Waals surface area contributed by atoms with Crippen molar-refractivity contribution in [2.24, 2.45) is 0 Å². The second-order valence-electron chi connectivity index (χ2n) is 7.48. The fraction of sp³-hybridized carbons (Fsp3) is 0.588. The van der Waals surface area contributed by atoms with E-state index in [0.717, 1.165) is 18.5 Å². The van der Waals surface area contributed by atoms with Crippen molar-refractivity contribution in [2.45, 2.75) is 51.6 Å². The summed E-state index contributed by atoms with van der Waals surface area (Å²) in [5.41, 5.74) is 0.552. The van der Waals surface area contributed by atoms with Crippen molar-refractivity contribution >= 4 is 5.91 Å². The minimum absolute atomic E-state index is 0.0219. The lowest BCUT2D eigenvalue weighted by Gasteiger charge is -2.32. The van der Waals surface area contributed by atoms with Crippen LogP contribution in [0.3, 0.4) is 0 Å². The largest absolute Gasteiger partial charge is 0.347 e. The fourth-order valence-corrected chi connectivity index (χ4v) is 2.93. The number of piperidine rings is 1. The molecule has 3 heterocycles. The van der Waals surface area contributed by atoms with Gasteiger partial charge in [0.15, 0.2) is 0 Å². The van der Waals surface area contributed by atoms with Crippen LogP contribution < -0.4 is 5.69 Å². The molecule has 2 aromatic heterocycles. The van der Waals surface area contributed by atoms with E-state index in [1.54, 1.807) is 17.2 Å². The number of carbonyl (C=O) groups is 1. The van der Waals surface area contributed by atoms with E-state index in [0.29, 0.717) is 13.1 Å². The standard InChI is InChI=1S/C17H24N6O2/c1-17(2,3)14-11-23(20-19-14)13-5-9-21(10-6-13)15(24)12-22-8-4-7-18-16(22)25/h4,7-8,11,13H,5-6,9-10,12H2,1-3H3. The molecule has 1 saturated heterocycles. The Morgan fingerprint density at radius 3 is 2.60 bits per heavy atom. The molecule has 0 unspecified atom stereocenters. The van der Waals surface area contributed by atoms with E-state index in [2.05, 4.69) is 36.1 Å². The van der Waals surface area contributed by atoms with Gasteiger partial charge >= 0.3 is 5.69 Å². The lowest BCUT2D eigenvalue weighted by molar-refractivity contribution is -0.133. The van der Waals surface area contributed by atoms with Gasteiger partial charge in [-0.15, -0.1) is 5.10 Å². The first-order valence-corrected chi connectivity index (χ1v) is 8.56. The number of aromatic nitrogens is 5. The van der Waals surface area contributed by atoms with Gasteiger partial charge in [-0.2, -0.15) is 0 Å². The van der Waals surface area contributed by atoms with E-state index in [1.165, 1.54) is 10.8 Å². The second-order valence-corrected chi connectivity index (χ2v) is 7.48. The van der Waals surface area contributed by atoms with Crippen LogP contribution >= 0.6 is 0 Å². The van der Waals surface area contributed by atoms with E-state index in [4.69, 9.17) is 0 Å². The van der Waals surface area contributed by atoms with Gasteiger partial charge in [-0.25, -0.2) is 14.5 Å². The minimum Gasteiger partial charge on any atom is -0.341 e. The third-order valence-electron chi connectivity index (χ3n) is 4.56. The van der Waals surface area contributed by atoms with E-state index >= 15 is 0 Å². The zero-order valence-corrected chi connectivity index (χ0v) is 14.9. The minimum atomic E-state index is -0.400. The van der Waals surface area contributed by atoms with E-state index < -0.39 is 5.69 Å². The highest BCUT2D eigenvalue weighted by atomic mass is 16.2. The summed E-state index contributed by atoms with van der Waals surface area (Å²) in [5.74, 6) is -0.0532. The van der Waals surface area contributed by atoms with Crippen LogP contribution in [0.25, 0.3) is 0 Å². The first kappa shape index (κ1) is 17.3. The van der Waals surface area contributed by atoms with Crippen LogP contribution in [0.4, 0.5) is 0 Å².